The highest BCUT2D eigenvalue weighted by Crippen LogP contribution is 2.32. The second-order valence-electron chi connectivity index (χ2n) is 6.94. The van der Waals surface area contributed by atoms with Gasteiger partial charge in [0.05, 0.1) is 12.6 Å². The topological polar surface area (TPSA) is 90.5 Å². The van der Waals surface area contributed by atoms with Crippen LogP contribution in [0, 0.1) is 11.7 Å². The van der Waals surface area contributed by atoms with Crippen LogP contribution in [0.15, 0.2) is 29.4 Å². The van der Waals surface area contributed by atoms with E-state index in [1.165, 1.54) is 6.07 Å². The van der Waals surface area contributed by atoms with Crippen molar-refractivity contribution in [1.82, 2.24) is 20.9 Å². The number of fused-ring (bicyclic) bond motifs is 1. The SMILES string of the molecule is CCOC(=O)NC(CNC(=NC)NCCc1c[nH]c2ccc(F)cc12)C1CC1. The minimum Gasteiger partial charge on any atom is -0.450 e. The first-order valence-corrected chi connectivity index (χ1v) is 9.74. The van der Waals surface area contributed by atoms with E-state index in [9.17, 15) is 9.18 Å². The van der Waals surface area contributed by atoms with Gasteiger partial charge in [-0.3, -0.25) is 4.99 Å². The van der Waals surface area contributed by atoms with Crippen LogP contribution in [0.3, 0.4) is 0 Å². The van der Waals surface area contributed by atoms with Gasteiger partial charge in [-0.15, -0.1) is 0 Å². The molecule has 8 heteroatoms. The van der Waals surface area contributed by atoms with Crippen LogP contribution < -0.4 is 16.0 Å². The molecule has 0 saturated heterocycles. The molecule has 1 saturated carbocycles. The van der Waals surface area contributed by atoms with Gasteiger partial charge in [0.15, 0.2) is 5.96 Å². The number of rotatable bonds is 8. The molecule has 1 heterocycles. The van der Waals surface area contributed by atoms with Gasteiger partial charge in [0.2, 0.25) is 0 Å². The molecule has 4 N–H and O–H groups in total. The highest BCUT2D eigenvalue weighted by atomic mass is 19.1. The lowest BCUT2D eigenvalue weighted by molar-refractivity contribution is 0.146. The Hall–Kier alpha value is -2.77. The molecule has 2 aromatic rings. The zero-order valence-corrected chi connectivity index (χ0v) is 16.3. The molecule has 1 aliphatic carbocycles. The quantitative estimate of drug-likeness (QED) is 0.413. The largest absolute Gasteiger partial charge is 0.450 e. The Labute approximate surface area is 164 Å². The Morgan fingerprint density at radius 1 is 1.39 bits per heavy atom. The fourth-order valence-corrected chi connectivity index (χ4v) is 3.26. The maximum absolute atomic E-state index is 13.5. The predicted molar refractivity (Wildman–Crippen MR) is 108 cm³/mol. The van der Waals surface area contributed by atoms with Crippen molar-refractivity contribution in [2.75, 3.05) is 26.7 Å². The molecule has 0 spiro atoms. The Morgan fingerprint density at radius 2 is 2.21 bits per heavy atom. The average Bonchev–Trinajstić information content (AvgIpc) is 3.45. The number of aromatic amines is 1. The molecule has 0 aliphatic heterocycles. The number of ether oxygens (including phenoxy) is 1. The van der Waals surface area contributed by atoms with Crippen LogP contribution in [-0.2, 0) is 11.2 Å². The summed E-state index contributed by atoms with van der Waals surface area (Å²) in [6.45, 7) is 3.39. The number of nitrogens with zero attached hydrogens (tertiary/aromatic N) is 1. The third-order valence-electron chi connectivity index (χ3n) is 4.90. The van der Waals surface area contributed by atoms with Crippen molar-refractivity contribution < 1.29 is 13.9 Å². The average molecular weight is 389 g/mol. The summed E-state index contributed by atoms with van der Waals surface area (Å²) in [5.41, 5.74) is 1.98. The number of carbonyl (C=O) groups excluding carboxylic acids is 1. The van der Waals surface area contributed by atoms with Crippen molar-refractivity contribution in [3.05, 3.63) is 35.8 Å². The third-order valence-corrected chi connectivity index (χ3v) is 4.90. The molecule has 7 nitrogen and oxygen atoms in total. The molecule has 1 aromatic carbocycles. The number of nitrogens with one attached hydrogen (secondary N) is 4. The molecule has 1 atom stereocenters. The molecule has 1 fully saturated rings. The van der Waals surface area contributed by atoms with E-state index in [0.717, 1.165) is 35.7 Å². The Bertz CT molecular complexity index is 831. The molecule has 0 bridgehead atoms. The first kappa shape index (κ1) is 20.0. The summed E-state index contributed by atoms with van der Waals surface area (Å²) < 4.78 is 18.5. The van der Waals surface area contributed by atoms with E-state index in [2.05, 4.69) is 25.9 Å². The van der Waals surface area contributed by atoms with Gasteiger partial charge in [-0.25, -0.2) is 9.18 Å². The number of alkyl carbamates (subject to hydrolysis) is 1. The van der Waals surface area contributed by atoms with Crippen molar-refractivity contribution in [3.8, 4) is 0 Å². The van der Waals surface area contributed by atoms with Crippen molar-refractivity contribution in [2.24, 2.45) is 10.9 Å². The number of guanidine groups is 1. The summed E-state index contributed by atoms with van der Waals surface area (Å²) in [6.07, 6.45) is 4.49. The molecule has 1 amide bonds. The van der Waals surface area contributed by atoms with Gasteiger partial charge in [0.25, 0.3) is 0 Å². The maximum atomic E-state index is 13.5. The molecular formula is C20H28FN5O2. The van der Waals surface area contributed by atoms with Crippen LogP contribution in [0.5, 0.6) is 0 Å². The van der Waals surface area contributed by atoms with E-state index >= 15 is 0 Å². The van der Waals surface area contributed by atoms with E-state index in [1.54, 1.807) is 26.1 Å². The minimum absolute atomic E-state index is 0.0224. The number of H-pyrrole nitrogens is 1. The number of hydrogen-bond donors (Lipinski definition) is 4. The van der Waals surface area contributed by atoms with Gasteiger partial charge in [-0.2, -0.15) is 0 Å². The zero-order chi connectivity index (χ0) is 19.9. The fourth-order valence-electron chi connectivity index (χ4n) is 3.26. The summed E-state index contributed by atoms with van der Waals surface area (Å²) >= 11 is 0. The van der Waals surface area contributed by atoms with Crippen LogP contribution in [0.4, 0.5) is 9.18 Å². The smallest absolute Gasteiger partial charge is 0.407 e. The Morgan fingerprint density at radius 3 is 2.93 bits per heavy atom. The fraction of sp³-hybridized carbons (Fsp3) is 0.500. The lowest BCUT2D eigenvalue weighted by atomic mass is 10.1. The molecule has 1 aliphatic rings. The molecule has 152 valence electrons. The van der Waals surface area contributed by atoms with Crippen LogP contribution >= 0.6 is 0 Å². The normalized spacial score (nSPS) is 15.3. The molecule has 28 heavy (non-hydrogen) atoms. The maximum Gasteiger partial charge on any atom is 0.407 e. The van der Waals surface area contributed by atoms with Gasteiger partial charge in [0.1, 0.15) is 5.82 Å². The monoisotopic (exact) mass is 389 g/mol. The van der Waals surface area contributed by atoms with E-state index in [-0.39, 0.29) is 18.0 Å². The van der Waals surface area contributed by atoms with E-state index in [1.807, 2.05) is 6.20 Å². The Balaban J connectivity index is 1.47. The number of aromatic nitrogens is 1. The van der Waals surface area contributed by atoms with Gasteiger partial charge < -0.3 is 25.7 Å². The number of halogens is 1. The van der Waals surface area contributed by atoms with Gasteiger partial charge in [0, 0.05) is 37.2 Å². The number of aliphatic imine (C=N–C) groups is 1. The Kier molecular flexibility index (Phi) is 6.73. The van der Waals surface area contributed by atoms with Crippen LogP contribution in [0.1, 0.15) is 25.3 Å². The molecule has 0 radical (unpaired) electrons. The van der Waals surface area contributed by atoms with Crippen molar-refractivity contribution in [3.63, 3.8) is 0 Å². The zero-order valence-electron chi connectivity index (χ0n) is 16.3. The van der Waals surface area contributed by atoms with Crippen molar-refractivity contribution in [1.29, 1.82) is 0 Å². The predicted octanol–water partition coefficient (Wildman–Crippen LogP) is 2.54. The number of benzene rings is 1. The molecule has 1 aromatic heterocycles. The lowest BCUT2D eigenvalue weighted by Gasteiger charge is -2.20. The van der Waals surface area contributed by atoms with E-state index in [0.29, 0.717) is 31.6 Å². The summed E-state index contributed by atoms with van der Waals surface area (Å²) in [5.74, 6) is 0.914. The number of amides is 1. The number of hydrogen-bond acceptors (Lipinski definition) is 3. The van der Waals surface area contributed by atoms with Crippen LogP contribution in [0.2, 0.25) is 0 Å². The van der Waals surface area contributed by atoms with E-state index in [4.69, 9.17) is 4.74 Å². The lowest BCUT2D eigenvalue weighted by Crippen LogP contribution is -2.48. The number of carbonyl (C=O) groups is 1. The minimum atomic E-state index is -0.379. The molecule has 3 rings (SSSR count). The summed E-state index contributed by atoms with van der Waals surface area (Å²) in [7, 11) is 1.71. The molecule has 1 unspecified atom stereocenters. The van der Waals surface area contributed by atoms with Crippen LogP contribution in [-0.4, -0.2) is 49.8 Å². The van der Waals surface area contributed by atoms with Crippen LogP contribution in [0.25, 0.3) is 10.9 Å². The van der Waals surface area contributed by atoms with Crippen molar-refractivity contribution in [2.45, 2.75) is 32.2 Å². The van der Waals surface area contributed by atoms with Gasteiger partial charge >= 0.3 is 6.09 Å². The third kappa shape index (κ3) is 5.37. The standard InChI is InChI=1S/C20H28FN5O2/c1-3-28-20(27)26-18(13-4-5-13)12-25-19(22-2)23-9-8-14-11-24-17-7-6-15(21)10-16(14)17/h6-7,10-11,13,18,24H,3-5,8-9,12H2,1-2H3,(H,26,27)(H2,22,23,25). The first-order valence-electron chi connectivity index (χ1n) is 9.74. The summed E-state index contributed by atoms with van der Waals surface area (Å²) in [4.78, 5) is 19.1. The first-order chi connectivity index (χ1) is 13.6. The summed E-state index contributed by atoms with van der Waals surface area (Å²) in [5, 5.41) is 10.4. The second-order valence-corrected chi connectivity index (χ2v) is 6.94. The van der Waals surface area contributed by atoms with Crippen molar-refractivity contribution >= 4 is 23.0 Å². The summed E-state index contributed by atoms with van der Waals surface area (Å²) in [6, 6.07) is 4.77. The second kappa shape index (κ2) is 9.43. The highest BCUT2D eigenvalue weighted by Gasteiger charge is 2.32. The van der Waals surface area contributed by atoms with Gasteiger partial charge in [-0.1, -0.05) is 0 Å². The van der Waals surface area contributed by atoms with Gasteiger partial charge in [-0.05, 0) is 55.9 Å². The molecular weight excluding hydrogens is 361 g/mol. The van der Waals surface area contributed by atoms with E-state index < -0.39 is 0 Å². The highest BCUT2D eigenvalue weighted by molar-refractivity contribution is 5.83.